The summed E-state index contributed by atoms with van der Waals surface area (Å²) in [5.41, 5.74) is 0.637. The summed E-state index contributed by atoms with van der Waals surface area (Å²) in [5, 5.41) is 0. The van der Waals surface area contributed by atoms with Crippen LogP contribution in [0.15, 0.2) is 0 Å². The molecule has 0 radical (unpaired) electrons. The Kier molecular flexibility index (Phi) is 4.69. The van der Waals surface area contributed by atoms with Crippen molar-refractivity contribution in [3.63, 3.8) is 0 Å². The first-order valence-corrected chi connectivity index (χ1v) is 7.99. The van der Waals surface area contributed by atoms with Crippen molar-refractivity contribution in [1.29, 1.82) is 0 Å². The van der Waals surface area contributed by atoms with Crippen molar-refractivity contribution >= 4 is 5.91 Å². The molecule has 2 rings (SSSR count). The fourth-order valence-corrected chi connectivity index (χ4v) is 4.07. The van der Waals surface area contributed by atoms with Crippen LogP contribution in [0.1, 0.15) is 71.6 Å². The van der Waals surface area contributed by atoms with Crippen LogP contribution in [-0.4, -0.2) is 23.9 Å². The van der Waals surface area contributed by atoms with Gasteiger partial charge in [-0.05, 0) is 57.8 Å². The fraction of sp³-hybridized carbons (Fsp3) is 0.938. The molecular formula is C16H29NO. The van der Waals surface area contributed by atoms with Crippen molar-refractivity contribution in [2.24, 2.45) is 11.3 Å². The standard InChI is InChI=1S/C16H29NO/c1-3-17(4-2)15(18)14-8-12-16(13-9-14)10-6-5-7-11-16/h14H,3-13H2,1-2H3. The van der Waals surface area contributed by atoms with Crippen molar-refractivity contribution < 1.29 is 4.79 Å². The van der Waals surface area contributed by atoms with Gasteiger partial charge in [0.25, 0.3) is 0 Å². The molecule has 2 saturated carbocycles. The van der Waals surface area contributed by atoms with Gasteiger partial charge in [0.05, 0.1) is 0 Å². The maximum atomic E-state index is 12.4. The van der Waals surface area contributed by atoms with Crippen molar-refractivity contribution in [2.75, 3.05) is 13.1 Å². The lowest BCUT2D eigenvalue weighted by molar-refractivity contribution is -0.137. The molecule has 0 atom stereocenters. The van der Waals surface area contributed by atoms with E-state index < -0.39 is 0 Å². The minimum Gasteiger partial charge on any atom is -0.343 e. The Labute approximate surface area is 112 Å². The summed E-state index contributed by atoms with van der Waals surface area (Å²) in [5.74, 6) is 0.753. The first-order chi connectivity index (χ1) is 8.71. The molecule has 0 aromatic carbocycles. The second kappa shape index (κ2) is 6.08. The molecule has 2 aliphatic carbocycles. The maximum absolute atomic E-state index is 12.4. The molecule has 2 aliphatic rings. The van der Waals surface area contributed by atoms with Crippen LogP contribution in [0, 0.1) is 11.3 Å². The molecule has 0 bridgehead atoms. The predicted molar refractivity (Wildman–Crippen MR) is 75.4 cm³/mol. The van der Waals surface area contributed by atoms with Crippen LogP contribution in [0.4, 0.5) is 0 Å². The highest BCUT2D eigenvalue weighted by Crippen LogP contribution is 2.48. The lowest BCUT2D eigenvalue weighted by Crippen LogP contribution is -2.39. The van der Waals surface area contributed by atoms with E-state index >= 15 is 0 Å². The first-order valence-electron chi connectivity index (χ1n) is 7.99. The van der Waals surface area contributed by atoms with Gasteiger partial charge in [-0.2, -0.15) is 0 Å². The highest BCUT2D eigenvalue weighted by molar-refractivity contribution is 5.78. The van der Waals surface area contributed by atoms with E-state index in [4.69, 9.17) is 0 Å². The van der Waals surface area contributed by atoms with Crippen molar-refractivity contribution in [3.8, 4) is 0 Å². The Bertz CT molecular complexity index is 267. The maximum Gasteiger partial charge on any atom is 0.225 e. The number of carbonyl (C=O) groups is 1. The number of hydrogen-bond acceptors (Lipinski definition) is 1. The van der Waals surface area contributed by atoms with Gasteiger partial charge in [-0.25, -0.2) is 0 Å². The van der Waals surface area contributed by atoms with E-state index in [0.29, 0.717) is 17.2 Å². The summed E-state index contributed by atoms with van der Waals surface area (Å²) < 4.78 is 0. The number of carbonyl (C=O) groups excluding carboxylic acids is 1. The molecule has 0 aromatic rings. The van der Waals surface area contributed by atoms with Gasteiger partial charge in [0.1, 0.15) is 0 Å². The third-order valence-corrected chi connectivity index (χ3v) is 5.38. The molecule has 2 heteroatoms. The average Bonchev–Trinajstić information content (AvgIpc) is 2.42. The zero-order valence-corrected chi connectivity index (χ0v) is 12.2. The van der Waals surface area contributed by atoms with Gasteiger partial charge < -0.3 is 4.90 Å². The largest absolute Gasteiger partial charge is 0.343 e. The summed E-state index contributed by atoms with van der Waals surface area (Å²) in [6.07, 6.45) is 12.1. The van der Waals surface area contributed by atoms with Gasteiger partial charge in [0, 0.05) is 19.0 Å². The molecule has 0 N–H and O–H groups in total. The third kappa shape index (κ3) is 2.89. The smallest absolute Gasteiger partial charge is 0.225 e. The van der Waals surface area contributed by atoms with E-state index in [1.54, 1.807) is 0 Å². The van der Waals surface area contributed by atoms with Crippen molar-refractivity contribution in [3.05, 3.63) is 0 Å². The highest BCUT2D eigenvalue weighted by atomic mass is 16.2. The van der Waals surface area contributed by atoms with Crippen LogP contribution in [0.25, 0.3) is 0 Å². The van der Waals surface area contributed by atoms with Gasteiger partial charge in [-0.3, -0.25) is 4.79 Å². The molecular weight excluding hydrogens is 222 g/mol. The first kappa shape index (κ1) is 13.9. The lowest BCUT2D eigenvalue weighted by atomic mass is 9.63. The van der Waals surface area contributed by atoms with E-state index in [9.17, 15) is 4.79 Å². The van der Waals surface area contributed by atoms with Gasteiger partial charge in [-0.1, -0.05) is 19.3 Å². The number of amides is 1. The van der Waals surface area contributed by atoms with E-state index in [-0.39, 0.29) is 0 Å². The van der Waals surface area contributed by atoms with Gasteiger partial charge >= 0.3 is 0 Å². The Hall–Kier alpha value is -0.530. The topological polar surface area (TPSA) is 20.3 Å². The van der Waals surface area contributed by atoms with E-state index in [2.05, 4.69) is 13.8 Å². The monoisotopic (exact) mass is 251 g/mol. The van der Waals surface area contributed by atoms with Crippen molar-refractivity contribution in [1.82, 2.24) is 4.90 Å². The summed E-state index contributed by atoms with van der Waals surface area (Å²) >= 11 is 0. The molecule has 0 aliphatic heterocycles. The second-order valence-corrected chi connectivity index (χ2v) is 6.35. The zero-order chi connectivity index (χ0) is 13.0. The lowest BCUT2D eigenvalue weighted by Gasteiger charge is -2.43. The van der Waals surface area contributed by atoms with Crippen LogP contribution in [-0.2, 0) is 4.79 Å². The molecule has 104 valence electrons. The molecule has 0 aromatic heterocycles. The third-order valence-electron chi connectivity index (χ3n) is 5.38. The Morgan fingerprint density at radius 3 is 2.06 bits per heavy atom. The molecule has 0 saturated heterocycles. The summed E-state index contributed by atoms with van der Waals surface area (Å²) in [6.45, 7) is 5.92. The number of hydrogen-bond donors (Lipinski definition) is 0. The minimum absolute atomic E-state index is 0.331. The molecule has 1 amide bonds. The Morgan fingerprint density at radius 2 is 1.56 bits per heavy atom. The summed E-state index contributed by atoms with van der Waals surface area (Å²) in [4.78, 5) is 14.4. The molecule has 18 heavy (non-hydrogen) atoms. The minimum atomic E-state index is 0.331. The molecule has 1 spiro atoms. The number of nitrogens with zero attached hydrogens (tertiary/aromatic N) is 1. The Balaban J connectivity index is 1.87. The van der Waals surface area contributed by atoms with Crippen LogP contribution in [0.2, 0.25) is 0 Å². The Morgan fingerprint density at radius 1 is 1.00 bits per heavy atom. The van der Waals surface area contributed by atoms with E-state index in [1.807, 2.05) is 4.90 Å². The number of rotatable bonds is 3. The second-order valence-electron chi connectivity index (χ2n) is 6.35. The van der Waals surface area contributed by atoms with E-state index in [0.717, 1.165) is 25.9 Å². The van der Waals surface area contributed by atoms with Crippen LogP contribution < -0.4 is 0 Å². The SMILES string of the molecule is CCN(CC)C(=O)C1CCC2(CCCCC2)CC1. The molecule has 0 unspecified atom stereocenters. The van der Waals surface area contributed by atoms with Gasteiger partial charge in [-0.15, -0.1) is 0 Å². The zero-order valence-electron chi connectivity index (χ0n) is 12.2. The quantitative estimate of drug-likeness (QED) is 0.742. The van der Waals surface area contributed by atoms with Crippen LogP contribution in [0.5, 0.6) is 0 Å². The van der Waals surface area contributed by atoms with Crippen molar-refractivity contribution in [2.45, 2.75) is 71.6 Å². The van der Waals surface area contributed by atoms with Gasteiger partial charge in [0.15, 0.2) is 0 Å². The highest BCUT2D eigenvalue weighted by Gasteiger charge is 2.38. The summed E-state index contributed by atoms with van der Waals surface area (Å²) in [6, 6.07) is 0. The van der Waals surface area contributed by atoms with Crippen LogP contribution in [0.3, 0.4) is 0 Å². The molecule has 2 fully saturated rings. The average molecular weight is 251 g/mol. The van der Waals surface area contributed by atoms with Crippen LogP contribution >= 0.6 is 0 Å². The normalized spacial score (nSPS) is 24.1. The van der Waals surface area contributed by atoms with E-state index in [1.165, 1.54) is 44.9 Å². The predicted octanol–water partition coefficient (Wildman–Crippen LogP) is 4.00. The molecule has 2 nitrogen and oxygen atoms in total. The summed E-state index contributed by atoms with van der Waals surface area (Å²) in [7, 11) is 0. The fourth-order valence-electron chi connectivity index (χ4n) is 4.07. The molecule has 0 heterocycles. The van der Waals surface area contributed by atoms with Gasteiger partial charge in [0.2, 0.25) is 5.91 Å².